The first-order valence-electron chi connectivity index (χ1n) is 10.1. The van der Waals surface area contributed by atoms with Crippen molar-refractivity contribution in [3.63, 3.8) is 0 Å². The maximum Gasteiger partial charge on any atom is 0.231 e. The molecule has 5 heteroatoms. The Bertz CT molecular complexity index is 844. The third kappa shape index (κ3) is 3.70. The van der Waals surface area contributed by atoms with Gasteiger partial charge in [-0.3, -0.25) is 9.69 Å². The number of aliphatic hydroxyl groups excluding tert-OH is 1. The number of aryl methyl sites for hydroxylation is 1. The predicted molar refractivity (Wildman–Crippen MR) is 109 cm³/mol. The molecule has 0 aromatic heterocycles. The Kier molecular flexibility index (Phi) is 5.23. The SMILES string of the molecule is CC1C(=O)Nc2ccc(CCC(O)N3CCC(O)(c4ccccc4)CC3)cc21. The minimum Gasteiger partial charge on any atom is -0.385 e. The normalized spacial score (nSPS) is 22.5. The molecule has 5 nitrogen and oxygen atoms in total. The van der Waals surface area contributed by atoms with Crippen LogP contribution in [0.4, 0.5) is 5.69 Å². The van der Waals surface area contributed by atoms with E-state index < -0.39 is 11.8 Å². The first-order valence-corrected chi connectivity index (χ1v) is 10.1. The van der Waals surface area contributed by atoms with Gasteiger partial charge in [-0.05, 0) is 55.4 Å². The number of aliphatic hydroxyl groups is 2. The van der Waals surface area contributed by atoms with Crippen molar-refractivity contribution in [1.82, 2.24) is 4.90 Å². The minimum absolute atomic E-state index is 0.0476. The highest BCUT2D eigenvalue weighted by Crippen LogP contribution is 2.34. The molecule has 148 valence electrons. The number of benzene rings is 2. The smallest absolute Gasteiger partial charge is 0.231 e. The molecule has 0 radical (unpaired) electrons. The highest BCUT2D eigenvalue weighted by atomic mass is 16.3. The molecule has 28 heavy (non-hydrogen) atoms. The number of nitrogens with zero attached hydrogens (tertiary/aromatic N) is 1. The highest BCUT2D eigenvalue weighted by Gasteiger charge is 2.35. The Morgan fingerprint density at radius 3 is 2.61 bits per heavy atom. The Balaban J connectivity index is 1.32. The van der Waals surface area contributed by atoms with E-state index in [1.165, 1.54) is 0 Å². The molecule has 2 aliphatic rings. The second-order valence-corrected chi connectivity index (χ2v) is 8.09. The van der Waals surface area contributed by atoms with Gasteiger partial charge < -0.3 is 15.5 Å². The number of amides is 1. The standard InChI is InChI=1S/C23H28N2O3/c1-16-19-15-17(7-9-20(19)24-22(16)27)8-10-21(26)25-13-11-23(28,12-14-25)18-5-3-2-4-6-18/h2-7,9,15-16,21,26,28H,8,10-14H2,1H3,(H,24,27). The quantitative estimate of drug-likeness (QED) is 0.746. The summed E-state index contributed by atoms with van der Waals surface area (Å²) in [5.74, 6) is -0.0657. The third-order valence-corrected chi connectivity index (χ3v) is 6.28. The maximum atomic E-state index is 11.8. The summed E-state index contributed by atoms with van der Waals surface area (Å²) in [5, 5.41) is 24.5. The van der Waals surface area contributed by atoms with Crippen LogP contribution >= 0.6 is 0 Å². The van der Waals surface area contributed by atoms with Gasteiger partial charge in [0, 0.05) is 18.8 Å². The third-order valence-electron chi connectivity index (χ3n) is 6.28. The number of nitrogens with one attached hydrogen (secondary N) is 1. The van der Waals surface area contributed by atoms with E-state index in [1.807, 2.05) is 49.4 Å². The number of fused-ring (bicyclic) bond motifs is 1. The topological polar surface area (TPSA) is 72.8 Å². The molecule has 2 unspecified atom stereocenters. The molecule has 2 heterocycles. The van der Waals surface area contributed by atoms with E-state index in [0.29, 0.717) is 32.4 Å². The number of carbonyl (C=O) groups excluding carboxylic acids is 1. The number of hydrogen-bond donors (Lipinski definition) is 3. The fraction of sp³-hybridized carbons (Fsp3) is 0.435. The summed E-state index contributed by atoms with van der Waals surface area (Å²) in [4.78, 5) is 13.8. The van der Waals surface area contributed by atoms with Crippen molar-refractivity contribution in [3.05, 3.63) is 65.2 Å². The number of anilines is 1. The molecule has 0 aliphatic carbocycles. The molecule has 0 bridgehead atoms. The van der Waals surface area contributed by atoms with Gasteiger partial charge in [0.2, 0.25) is 5.91 Å². The van der Waals surface area contributed by atoms with Crippen LogP contribution in [-0.2, 0) is 16.8 Å². The summed E-state index contributed by atoms with van der Waals surface area (Å²) in [6, 6.07) is 15.9. The zero-order chi connectivity index (χ0) is 19.7. The van der Waals surface area contributed by atoms with Crippen molar-refractivity contribution in [3.8, 4) is 0 Å². The van der Waals surface area contributed by atoms with Crippen molar-refractivity contribution >= 4 is 11.6 Å². The van der Waals surface area contributed by atoms with Gasteiger partial charge >= 0.3 is 0 Å². The van der Waals surface area contributed by atoms with Gasteiger partial charge in [-0.1, -0.05) is 42.5 Å². The van der Waals surface area contributed by atoms with Crippen LogP contribution < -0.4 is 5.32 Å². The van der Waals surface area contributed by atoms with Crippen LogP contribution in [0.5, 0.6) is 0 Å². The lowest BCUT2D eigenvalue weighted by Crippen LogP contribution is -2.47. The Morgan fingerprint density at radius 1 is 1.18 bits per heavy atom. The monoisotopic (exact) mass is 380 g/mol. The molecule has 2 aromatic carbocycles. The Morgan fingerprint density at radius 2 is 1.89 bits per heavy atom. The van der Waals surface area contributed by atoms with Crippen molar-refractivity contribution in [2.24, 2.45) is 0 Å². The molecule has 0 spiro atoms. The first-order chi connectivity index (χ1) is 13.5. The average molecular weight is 380 g/mol. The van der Waals surface area contributed by atoms with Gasteiger partial charge in [0.05, 0.1) is 11.5 Å². The van der Waals surface area contributed by atoms with E-state index in [1.54, 1.807) is 0 Å². The van der Waals surface area contributed by atoms with E-state index in [4.69, 9.17) is 0 Å². The molecular formula is C23H28N2O3. The predicted octanol–water partition coefficient (Wildman–Crippen LogP) is 2.98. The van der Waals surface area contributed by atoms with Gasteiger partial charge in [-0.25, -0.2) is 0 Å². The highest BCUT2D eigenvalue weighted by molar-refractivity contribution is 6.02. The van der Waals surface area contributed by atoms with Crippen LogP contribution in [0.2, 0.25) is 0 Å². The van der Waals surface area contributed by atoms with Crippen molar-refractivity contribution in [1.29, 1.82) is 0 Å². The molecule has 0 saturated carbocycles. The average Bonchev–Trinajstić information content (AvgIpc) is 3.01. The Labute approximate surface area is 166 Å². The van der Waals surface area contributed by atoms with Crippen LogP contribution in [0, 0.1) is 0 Å². The first kappa shape index (κ1) is 19.1. The van der Waals surface area contributed by atoms with Crippen molar-refractivity contribution in [2.45, 2.75) is 50.4 Å². The number of rotatable bonds is 5. The van der Waals surface area contributed by atoms with Crippen molar-refractivity contribution < 1.29 is 15.0 Å². The van der Waals surface area contributed by atoms with E-state index in [0.717, 1.165) is 28.8 Å². The number of likely N-dealkylation sites (tertiary alicyclic amines) is 1. The summed E-state index contributed by atoms with van der Waals surface area (Å²) < 4.78 is 0. The van der Waals surface area contributed by atoms with Crippen LogP contribution in [0.3, 0.4) is 0 Å². The zero-order valence-corrected chi connectivity index (χ0v) is 16.3. The Hall–Kier alpha value is -2.21. The largest absolute Gasteiger partial charge is 0.385 e. The van der Waals surface area contributed by atoms with Gasteiger partial charge in [0.15, 0.2) is 0 Å². The van der Waals surface area contributed by atoms with Crippen LogP contribution in [0.15, 0.2) is 48.5 Å². The summed E-state index contributed by atoms with van der Waals surface area (Å²) in [6.07, 6.45) is 2.12. The zero-order valence-electron chi connectivity index (χ0n) is 16.3. The summed E-state index contributed by atoms with van der Waals surface area (Å²) in [6.45, 7) is 3.26. The molecule has 1 amide bonds. The van der Waals surface area contributed by atoms with Gasteiger partial charge in [-0.15, -0.1) is 0 Å². The molecule has 1 fully saturated rings. The van der Waals surface area contributed by atoms with Gasteiger partial charge in [-0.2, -0.15) is 0 Å². The van der Waals surface area contributed by atoms with E-state index in [9.17, 15) is 15.0 Å². The molecule has 4 rings (SSSR count). The fourth-order valence-corrected chi connectivity index (χ4v) is 4.33. The number of piperidine rings is 1. The molecule has 2 atom stereocenters. The van der Waals surface area contributed by atoms with Gasteiger partial charge in [0.25, 0.3) is 0 Å². The summed E-state index contributed by atoms with van der Waals surface area (Å²) >= 11 is 0. The second-order valence-electron chi connectivity index (χ2n) is 8.09. The van der Waals surface area contributed by atoms with E-state index in [-0.39, 0.29) is 11.8 Å². The lowest BCUT2D eigenvalue weighted by Gasteiger charge is -2.40. The van der Waals surface area contributed by atoms with Crippen LogP contribution in [-0.4, -0.2) is 40.3 Å². The maximum absolute atomic E-state index is 11.8. The second kappa shape index (κ2) is 7.66. The lowest BCUT2D eigenvalue weighted by molar-refractivity contribution is -0.116. The number of carbonyl (C=O) groups is 1. The molecule has 2 aliphatic heterocycles. The molecular weight excluding hydrogens is 352 g/mol. The molecule has 3 N–H and O–H groups in total. The van der Waals surface area contributed by atoms with Crippen LogP contribution in [0.25, 0.3) is 0 Å². The summed E-state index contributed by atoms with van der Waals surface area (Å²) in [7, 11) is 0. The summed E-state index contributed by atoms with van der Waals surface area (Å²) in [5.41, 5.74) is 3.24. The molecule has 2 aromatic rings. The van der Waals surface area contributed by atoms with Crippen LogP contribution in [0.1, 0.15) is 48.8 Å². The fourth-order valence-electron chi connectivity index (χ4n) is 4.33. The van der Waals surface area contributed by atoms with E-state index >= 15 is 0 Å². The number of hydrogen-bond acceptors (Lipinski definition) is 4. The van der Waals surface area contributed by atoms with Crippen molar-refractivity contribution in [2.75, 3.05) is 18.4 Å². The van der Waals surface area contributed by atoms with Gasteiger partial charge in [0.1, 0.15) is 6.23 Å². The molecule has 1 saturated heterocycles. The lowest BCUT2D eigenvalue weighted by atomic mass is 9.84. The minimum atomic E-state index is -0.798. The van der Waals surface area contributed by atoms with E-state index in [2.05, 4.69) is 16.3 Å².